The van der Waals surface area contributed by atoms with Crippen molar-refractivity contribution in [3.63, 3.8) is 0 Å². The Kier molecular flexibility index (Phi) is 4.53. The summed E-state index contributed by atoms with van der Waals surface area (Å²) < 4.78 is 5.22. The Balaban J connectivity index is 2.30. The van der Waals surface area contributed by atoms with Gasteiger partial charge in [0.05, 0.1) is 7.11 Å². The van der Waals surface area contributed by atoms with Crippen LogP contribution in [0.1, 0.15) is 15.9 Å². The second kappa shape index (κ2) is 6.16. The van der Waals surface area contributed by atoms with Gasteiger partial charge in [0.2, 0.25) is 0 Å². The number of carbonyl (C=O) groups is 1. The summed E-state index contributed by atoms with van der Waals surface area (Å²) in [6.45, 7) is 0. The first-order chi connectivity index (χ1) is 9.51. The van der Waals surface area contributed by atoms with Crippen LogP contribution >= 0.6 is 23.2 Å². The molecular formula is C15H13Cl2NO2. The molecule has 3 nitrogen and oxygen atoms in total. The number of nitrogen functional groups attached to an aromatic ring is 1. The van der Waals surface area contributed by atoms with Gasteiger partial charge >= 0.3 is 0 Å². The zero-order valence-corrected chi connectivity index (χ0v) is 12.3. The summed E-state index contributed by atoms with van der Waals surface area (Å²) in [6.07, 6.45) is 0.162. The van der Waals surface area contributed by atoms with Gasteiger partial charge in [0.25, 0.3) is 0 Å². The lowest BCUT2D eigenvalue weighted by atomic mass is 10.0. The first kappa shape index (κ1) is 14.7. The number of anilines is 1. The predicted octanol–water partition coefficient (Wildman–Crippen LogP) is 4.01. The standard InChI is InChI=1S/C15H13Cl2NO2/c1-20-15-5-3-10(16)6-9(15)7-14(19)12-4-2-11(17)8-13(12)18/h2-6,8H,7,18H2,1H3. The van der Waals surface area contributed by atoms with Gasteiger partial charge in [-0.3, -0.25) is 4.79 Å². The Bertz CT molecular complexity index is 656. The summed E-state index contributed by atoms with van der Waals surface area (Å²) in [5, 5.41) is 1.05. The van der Waals surface area contributed by atoms with Crippen molar-refractivity contribution in [2.24, 2.45) is 0 Å². The van der Waals surface area contributed by atoms with Crippen LogP contribution in [0.25, 0.3) is 0 Å². The minimum atomic E-state index is -0.111. The molecule has 0 spiro atoms. The molecule has 2 N–H and O–H groups in total. The fourth-order valence-corrected chi connectivity index (χ4v) is 2.32. The van der Waals surface area contributed by atoms with Crippen molar-refractivity contribution in [2.45, 2.75) is 6.42 Å². The summed E-state index contributed by atoms with van der Waals surface area (Å²) in [4.78, 5) is 12.3. The smallest absolute Gasteiger partial charge is 0.169 e. The Morgan fingerprint density at radius 2 is 1.80 bits per heavy atom. The van der Waals surface area contributed by atoms with E-state index >= 15 is 0 Å². The van der Waals surface area contributed by atoms with Gasteiger partial charge in [0.1, 0.15) is 5.75 Å². The molecule has 0 aliphatic heterocycles. The first-order valence-electron chi connectivity index (χ1n) is 5.92. The molecule has 2 aromatic rings. The minimum absolute atomic E-state index is 0.111. The number of ketones is 1. The zero-order chi connectivity index (χ0) is 14.7. The number of Topliss-reactive ketones (excluding diaryl/α,β-unsaturated/α-hetero) is 1. The molecule has 0 fully saturated rings. The molecular weight excluding hydrogens is 297 g/mol. The maximum atomic E-state index is 12.3. The van der Waals surface area contributed by atoms with E-state index < -0.39 is 0 Å². The molecule has 0 bridgehead atoms. The molecule has 0 amide bonds. The topological polar surface area (TPSA) is 52.3 Å². The van der Waals surface area contributed by atoms with Crippen LogP contribution in [0.5, 0.6) is 5.75 Å². The molecule has 0 saturated heterocycles. The first-order valence-corrected chi connectivity index (χ1v) is 6.67. The quantitative estimate of drug-likeness (QED) is 0.686. The number of hydrogen-bond acceptors (Lipinski definition) is 3. The molecule has 5 heteroatoms. The summed E-state index contributed by atoms with van der Waals surface area (Å²) >= 11 is 11.8. The highest BCUT2D eigenvalue weighted by atomic mass is 35.5. The number of rotatable bonds is 4. The highest BCUT2D eigenvalue weighted by molar-refractivity contribution is 6.31. The molecule has 2 rings (SSSR count). The largest absolute Gasteiger partial charge is 0.496 e. The van der Waals surface area contributed by atoms with Crippen LogP contribution in [-0.2, 0) is 6.42 Å². The van der Waals surface area contributed by atoms with Crippen LogP contribution in [0.3, 0.4) is 0 Å². The number of nitrogens with two attached hydrogens (primary N) is 1. The number of ether oxygens (including phenoxy) is 1. The number of halogens is 2. The average Bonchev–Trinajstić information content (AvgIpc) is 2.38. The third-order valence-corrected chi connectivity index (χ3v) is 3.38. The van der Waals surface area contributed by atoms with Crippen LogP contribution in [0.4, 0.5) is 5.69 Å². The lowest BCUT2D eigenvalue weighted by Crippen LogP contribution is -2.08. The minimum Gasteiger partial charge on any atom is -0.496 e. The monoisotopic (exact) mass is 309 g/mol. The van der Waals surface area contributed by atoms with Gasteiger partial charge in [-0.05, 0) is 36.4 Å². The summed E-state index contributed by atoms with van der Waals surface area (Å²) in [5.41, 5.74) is 7.34. The van der Waals surface area contributed by atoms with Gasteiger partial charge < -0.3 is 10.5 Å². The van der Waals surface area contributed by atoms with E-state index in [0.29, 0.717) is 27.0 Å². The van der Waals surface area contributed by atoms with Gasteiger partial charge in [-0.25, -0.2) is 0 Å². The highest BCUT2D eigenvalue weighted by Gasteiger charge is 2.14. The van der Waals surface area contributed by atoms with Gasteiger partial charge in [-0.2, -0.15) is 0 Å². The van der Waals surface area contributed by atoms with E-state index in [4.69, 9.17) is 33.7 Å². The van der Waals surface area contributed by atoms with Crippen molar-refractivity contribution in [1.82, 2.24) is 0 Å². The van der Waals surface area contributed by atoms with E-state index in [0.717, 1.165) is 5.56 Å². The van der Waals surface area contributed by atoms with Gasteiger partial charge in [0.15, 0.2) is 5.78 Å². The molecule has 0 atom stereocenters. The van der Waals surface area contributed by atoms with Crippen molar-refractivity contribution in [3.8, 4) is 5.75 Å². The second-order valence-electron chi connectivity index (χ2n) is 4.29. The van der Waals surface area contributed by atoms with Crippen LogP contribution in [-0.4, -0.2) is 12.9 Å². The number of benzene rings is 2. The number of carbonyl (C=O) groups excluding carboxylic acids is 1. The molecule has 20 heavy (non-hydrogen) atoms. The highest BCUT2D eigenvalue weighted by Crippen LogP contribution is 2.26. The fraction of sp³-hybridized carbons (Fsp3) is 0.133. The Morgan fingerprint density at radius 3 is 2.45 bits per heavy atom. The van der Waals surface area contributed by atoms with E-state index in [9.17, 15) is 4.79 Å². The maximum Gasteiger partial charge on any atom is 0.169 e. The summed E-state index contributed by atoms with van der Waals surface area (Å²) in [7, 11) is 1.55. The summed E-state index contributed by atoms with van der Waals surface area (Å²) in [6, 6.07) is 9.98. The molecule has 0 radical (unpaired) electrons. The molecule has 0 saturated carbocycles. The molecule has 2 aromatic carbocycles. The average molecular weight is 310 g/mol. The Morgan fingerprint density at radius 1 is 1.15 bits per heavy atom. The lowest BCUT2D eigenvalue weighted by molar-refractivity contribution is 0.0993. The Hall–Kier alpha value is -1.71. The van der Waals surface area contributed by atoms with Gasteiger partial charge in [-0.1, -0.05) is 23.2 Å². The van der Waals surface area contributed by atoms with Crippen LogP contribution < -0.4 is 10.5 Å². The number of methoxy groups -OCH3 is 1. The molecule has 0 aromatic heterocycles. The van der Waals surface area contributed by atoms with Crippen LogP contribution in [0, 0.1) is 0 Å². The SMILES string of the molecule is COc1ccc(Cl)cc1CC(=O)c1ccc(Cl)cc1N. The maximum absolute atomic E-state index is 12.3. The van der Waals surface area contributed by atoms with Gasteiger partial charge in [-0.15, -0.1) is 0 Å². The lowest BCUT2D eigenvalue weighted by Gasteiger charge is -2.09. The summed E-state index contributed by atoms with van der Waals surface area (Å²) in [5.74, 6) is 0.509. The van der Waals surface area contributed by atoms with E-state index in [1.165, 1.54) is 0 Å². The third kappa shape index (κ3) is 3.24. The zero-order valence-electron chi connectivity index (χ0n) is 10.8. The van der Waals surface area contributed by atoms with E-state index in [1.807, 2.05) is 0 Å². The number of hydrogen-bond donors (Lipinski definition) is 1. The van der Waals surface area contributed by atoms with Gasteiger partial charge in [0, 0.05) is 33.3 Å². The van der Waals surface area contributed by atoms with Crippen molar-refractivity contribution < 1.29 is 9.53 Å². The molecule has 0 aliphatic rings. The Labute approximate surface area is 127 Å². The molecule has 0 unspecified atom stereocenters. The van der Waals surface area contributed by atoms with Crippen molar-refractivity contribution in [2.75, 3.05) is 12.8 Å². The van der Waals surface area contributed by atoms with E-state index in [1.54, 1.807) is 43.5 Å². The van der Waals surface area contributed by atoms with Crippen molar-refractivity contribution in [1.29, 1.82) is 0 Å². The van der Waals surface area contributed by atoms with Crippen LogP contribution in [0.15, 0.2) is 36.4 Å². The van der Waals surface area contributed by atoms with E-state index in [-0.39, 0.29) is 12.2 Å². The fourth-order valence-electron chi connectivity index (χ4n) is 1.94. The normalized spacial score (nSPS) is 10.3. The van der Waals surface area contributed by atoms with Crippen LogP contribution in [0.2, 0.25) is 10.0 Å². The van der Waals surface area contributed by atoms with Crippen molar-refractivity contribution >= 4 is 34.7 Å². The van der Waals surface area contributed by atoms with Crippen molar-refractivity contribution in [3.05, 3.63) is 57.6 Å². The van der Waals surface area contributed by atoms with E-state index in [2.05, 4.69) is 0 Å². The molecule has 0 aliphatic carbocycles. The molecule has 104 valence electrons. The third-order valence-electron chi connectivity index (χ3n) is 2.91. The predicted molar refractivity (Wildman–Crippen MR) is 81.9 cm³/mol. The second-order valence-corrected chi connectivity index (χ2v) is 5.16. The molecule has 0 heterocycles.